The standard InChI is InChI=1S/C17H23N3O3/c1-12-4-5-13(2)16(10-12)20-14(3)15(11-18-20)17(23)19(6-8-21)7-9-22/h4-5,10-11,21-22H,6-9H2,1-3H3. The fourth-order valence-corrected chi connectivity index (χ4v) is 2.54. The highest BCUT2D eigenvalue weighted by Crippen LogP contribution is 2.20. The van der Waals surface area contributed by atoms with E-state index in [0.29, 0.717) is 5.56 Å². The number of aliphatic hydroxyl groups excluding tert-OH is 2. The van der Waals surface area contributed by atoms with Gasteiger partial charge in [-0.15, -0.1) is 0 Å². The molecule has 1 heterocycles. The molecule has 0 bridgehead atoms. The Morgan fingerprint density at radius 3 is 2.43 bits per heavy atom. The fraction of sp³-hybridized carbons (Fsp3) is 0.412. The molecule has 0 aliphatic heterocycles. The molecule has 6 nitrogen and oxygen atoms in total. The molecule has 2 rings (SSSR count). The first-order valence-corrected chi connectivity index (χ1v) is 7.62. The van der Waals surface area contributed by atoms with Crippen molar-refractivity contribution in [3.8, 4) is 5.69 Å². The van der Waals surface area contributed by atoms with Crippen molar-refractivity contribution in [3.05, 3.63) is 46.8 Å². The predicted octanol–water partition coefficient (Wildman–Crippen LogP) is 1.22. The molecule has 23 heavy (non-hydrogen) atoms. The van der Waals surface area contributed by atoms with Gasteiger partial charge in [0.1, 0.15) is 0 Å². The lowest BCUT2D eigenvalue weighted by Crippen LogP contribution is -2.36. The summed E-state index contributed by atoms with van der Waals surface area (Å²) in [6.07, 6.45) is 1.54. The number of carbonyl (C=O) groups excluding carboxylic acids is 1. The summed E-state index contributed by atoms with van der Waals surface area (Å²) >= 11 is 0. The second-order valence-electron chi connectivity index (χ2n) is 5.58. The summed E-state index contributed by atoms with van der Waals surface area (Å²) in [5, 5.41) is 22.5. The van der Waals surface area contributed by atoms with Crippen LogP contribution in [-0.2, 0) is 0 Å². The molecular weight excluding hydrogens is 294 g/mol. The molecule has 6 heteroatoms. The van der Waals surface area contributed by atoms with Gasteiger partial charge in [0, 0.05) is 13.1 Å². The molecule has 0 saturated carbocycles. The van der Waals surface area contributed by atoms with E-state index >= 15 is 0 Å². The van der Waals surface area contributed by atoms with Gasteiger partial charge in [-0.1, -0.05) is 12.1 Å². The first-order chi connectivity index (χ1) is 11.0. The Morgan fingerprint density at radius 2 is 1.83 bits per heavy atom. The summed E-state index contributed by atoms with van der Waals surface area (Å²) in [4.78, 5) is 14.0. The summed E-state index contributed by atoms with van der Waals surface area (Å²) in [6, 6.07) is 6.09. The third-order valence-electron chi connectivity index (χ3n) is 3.86. The van der Waals surface area contributed by atoms with E-state index < -0.39 is 0 Å². The third kappa shape index (κ3) is 3.60. The smallest absolute Gasteiger partial charge is 0.257 e. The average molecular weight is 317 g/mol. The molecule has 2 aromatic rings. The van der Waals surface area contributed by atoms with Crippen molar-refractivity contribution >= 4 is 5.91 Å². The van der Waals surface area contributed by atoms with E-state index in [1.165, 1.54) is 4.90 Å². The maximum absolute atomic E-state index is 12.6. The number of nitrogens with zero attached hydrogens (tertiary/aromatic N) is 3. The molecule has 1 aromatic heterocycles. The monoisotopic (exact) mass is 317 g/mol. The van der Waals surface area contributed by atoms with E-state index in [-0.39, 0.29) is 32.2 Å². The number of amides is 1. The van der Waals surface area contributed by atoms with Crippen molar-refractivity contribution in [2.24, 2.45) is 0 Å². The van der Waals surface area contributed by atoms with E-state index in [2.05, 4.69) is 5.10 Å². The van der Waals surface area contributed by atoms with Crippen molar-refractivity contribution in [3.63, 3.8) is 0 Å². The number of aliphatic hydroxyl groups is 2. The van der Waals surface area contributed by atoms with Gasteiger partial charge in [-0.25, -0.2) is 4.68 Å². The van der Waals surface area contributed by atoms with Crippen LogP contribution in [0.25, 0.3) is 5.69 Å². The van der Waals surface area contributed by atoms with E-state index in [1.54, 1.807) is 10.9 Å². The van der Waals surface area contributed by atoms with Crippen LogP contribution in [0.3, 0.4) is 0 Å². The maximum atomic E-state index is 12.6. The lowest BCUT2D eigenvalue weighted by Gasteiger charge is -2.20. The van der Waals surface area contributed by atoms with Crippen LogP contribution in [0.15, 0.2) is 24.4 Å². The number of aromatic nitrogens is 2. The van der Waals surface area contributed by atoms with Crippen LogP contribution in [0.1, 0.15) is 27.2 Å². The Labute approximate surface area is 136 Å². The average Bonchev–Trinajstić information content (AvgIpc) is 2.90. The fourth-order valence-electron chi connectivity index (χ4n) is 2.54. The molecule has 0 aliphatic carbocycles. The summed E-state index contributed by atoms with van der Waals surface area (Å²) in [6.45, 7) is 5.95. The zero-order chi connectivity index (χ0) is 17.0. The van der Waals surface area contributed by atoms with Crippen LogP contribution < -0.4 is 0 Å². The second-order valence-corrected chi connectivity index (χ2v) is 5.58. The Hall–Kier alpha value is -2.18. The van der Waals surface area contributed by atoms with Gasteiger partial charge in [0.25, 0.3) is 5.91 Å². The predicted molar refractivity (Wildman–Crippen MR) is 87.9 cm³/mol. The highest BCUT2D eigenvalue weighted by atomic mass is 16.3. The Kier molecular flexibility index (Phi) is 5.52. The zero-order valence-electron chi connectivity index (χ0n) is 13.8. The van der Waals surface area contributed by atoms with Crippen LogP contribution in [-0.4, -0.2) is 57.1 Å². The molecule has 0 saturated heterocycles. The van der Waals surface area contributed by atoms with Gasteiger partial charge in [0.15, 0.2) is 0 Å². The van der Waals surface area contributed by atoms with Crippen molar-refractivity contribution in [2.45, 2.75) is 20.8 Å². The Bertz CT molecular complexity index is 688. The number of rotatable bonds is 6. The van der Waals surface area contributed by atoms with E-state index in [9.17, 15) is 4.79 Å². The highest BCUT2D eigenvalue weighted by Gasteiger charge is 2.21. The minimum absolute atomic E-state index is 0.143. The number of hydrogen-bond acceptors (Lipinski definition) is 4. The van der Waals surface area contributed by atoms with Crippen LogP contribution in [0.4, 0.5) is 0 Å². The lowest BCUT2D eigenvalue weighted by molar-refractivity contribution is 0.0684. The number of aryl methyl sites for hydroxylation is 2. The minimum atomic E-state index is -0.234. The summed E-state index contributed by atoms with van der Waals surface area (Å²) < 4.78 is 1.76. The lowest BCUT2D eigenvalue weighted by atomic mass is 10.1. The summed E-state index contributed by atoms with van der Waals surface area (Å²) in [5.74, 6) is -0.234. The molecule has 2 N–H and O–H groups in total. The molecule has 0 fully saturated rings. The molecule has 1 amide bonds. The number of carbonyl (C=O) groups is 1. The van der Waals surface area contributed by atoms with Crippen LogP contribution in [0.5, 0.6) is 0 Å². The molecule has 0 atom stereocenters. The van der Waals surface area contributed by atoms with Crippen molar-refractivity contribution in [1.82, 2.24) is 14.7 Å². The van der Waals surface area contributed by atoms with Crippen LogP contribution in [0, 0.1) is 20.8 Å². The molecule has 124 valence electrons. The minimum Gasteiger partial charge on any atom is -0.395 e. The van der Waals surface area contributed by atoms with Crippen molar-refractivity contribution in [2.75, 3.05) is 26.3 Å². The van der Waals surface area contributed by atoms with Gasteiger partial charge in [-0.3, -0.25) is 4.79 Å². The molecule has 0 spiro atoms. The summed E-state index contributed by atoms with van der Waals surface area (Å²) in [7, 11) is 0. The maximum Gasteiger partial charge on any atom is 0.257 e. The van der Waals surface area contributed by atoms with Gasteiger partial charge in [0.2, 0.25) is 0 Å². The van der Waals surface area contributed by atoms with Crippen molar-refractivity contribution < 1.29 is 15.0 Å². The van der Waals surface area contributed by atoms with E-state index in [1.807, 2.05) is 39.0 Å². The largest absolute Gasteiger partial charge is 0.395 e. The van der Waals surface area contributed by atoms with Crippen LogP contribution in [0.2, 0.25) is 0 Å². The van der Waals surface area contributed by atoms with Crippen LogP contribution >= 0.6 is 0 Å². The first kappa shape index (κ1) is 17.2. The first-order valence-electron chi connectivity index (χ1n) is 7.62. The second kappa shape index (κ2) is 7.39. The highest BCUT2D eigenvalue weighted by molar-refractivity contribution is 5.95. The van der Waals surface area contributed by atoms with Crippen molar-refractivity contribution in [1.29, 1.82) is 0 Å². The normalized spacial score (nSPS) is 10.8. The van der Waals surface area contributed by atoms with E-state index in [0.717, 1.165) is 22.5 Å². The molecule has 0 aliphatic rings. The van der Waals surface area contributed by atoms with Gasteiger partial charge < -0.3 is 15.1 Å². The molecule has 0 radical (unpaired) electrons. The Balaban J connectivity index is 2.38. The molecule has 0 unspecified atom stereocenters. The topological polar surface area (TPSA) is 78.6 Å². The molecule has 1 aromatic carbocycles. The Morgan fingerprint density at radius 1 is 1.17 bits per heavy atom. The summed E-state index contributed by atoms with van der Waals surface area (Å²) in [5.41, 5.74) is 4.36. The van der Waals surface area contributed by atoms with Gasteiger partial charge in [-0.2, -0.15) is 5.10 Å². The number of benzene rings is 1. The zero-order valence-corrected chi connectivity index (χ0v) is 13.8. The van der Waals surface area contributed by atoms with Gasteiger partial charge in [0.05, 0.1) is 36.4 Å². The quantitative estimate of drug-likeness (QED) is 0.840. The molecular formula is C17H23N3O3. The van der Waals surface area contributed by atoms with E-state index in [4.69, 9.17) is 10.2 Å². The number of hydrogen-bond donors (Lipinski definition) is 2. The third-order valence-corrected chi connectivity index (χ3v) is 3.86. The van der Waals surface area contributed by atoms with Gasteiger partial charge >= 0.3 is 0 Å². The van der Waals surface area contributed by atoms with Gasteiger partial charge in [-0.05, 0) is 38.0 Å². The SMILES string of the molecule is Cc1ccc(C)c(-n2ncc(C(=O)N(CCO)CCO)c2C)c1.